The van der Waals surface area contributed by atoms with Crippen LogP contribution in [-0.2, 0) is 0 Å². The van der Waals surface area contributed by atoms with Crippen molar-refractivity contribution in [3.63, 3.8) is 0 Å². The molecule has 0 radical (unpaired) electrons. The Morgan fingerprint density at radius 1 is 1.39 bits per heavy atom. The summed E-state index contributed by atoms with van der Waals surface area (Å²) in [5.41, 5.74) is 3.45. The van der Waals surface area contributed by atoms with Gasteiger partial charge in [-0.25, -0.2) is 4.98 Å². The van der Waals surface area contributed by atoms with Crippen LogP contribution < -0.4 is 5.43 Å². The Balaban J connectivity index is 1.84. The van der Waals surface area contributed by atoms with Crippen LogP contribution in [0.15, 0.2) is 46.0 Å². The van der Waals surface area contributed by atoms with E-state index in [1.54, 1.807) is 0 Å². The van der Waals surface area contributed by atoms with Crippen LogP contribution in [0.4, 0.5) is 10.8 Å². The van der Waals surface area contributed by atoms with Gasteiger partial charge in [-0.3, -0.25) is 15.5 Å². The second-order valence-corrected chi connectivity index (χ2v) is 6.42. The molecule has 2 aromatic carbocycles. The number of phenols is 1. The fraction of sp³-hybridized carbons (Fsp3) is 0. The molecule has 3 aromatic rings. The van der Waals surface area contributed by atoms with Crippen molar-refractivity contribution in [2.75, 3.05) is 5.43 Å². The smallest absolute Gasteiger partial charge is 0.312 e. The number of para-hydroxylation sites is 1. The highest BCUT2D eigenvalue weighted by atomic mass is 79.9. The number of nitrogens with one attached hydrogen (secondary N) is 1. The van der Waals surface area contributed by atoms with E-state index < -0.39 is 10.7 Å². The number of anilines is 1. The predicted octanol–water partition coefficient (Wildman–Crippen LogP) is 4.12. The molecule has 0 aliphatic heterocycles. The molecule has 0 amide bonds. The van der Waals surface area contributed by atoms with Gasteiger partial charge in [-0.15, -0.1) is 0 Å². The molecular formula is C14H9BrN4O3S. The van der Waals surface area contributed by atoms with Crippen LogP contribution in [0.5, 0.6) is 5.75 Å². The van der Waals surface area contributed by atoms with Crippen LogP contribution in [0.2, 0.25) is 0 Å². The Morgan fingerprint density at radius 2 is 2.17 bits per heavy atom. The first kappa shape index (κ1) is 15.4. The number of rotatable bonds is 4. The maximum Gasteiger partial charge on any atom is 0.312 e. The largest absolute Gasteiger partial charge is 0.502 e. The van der Waals surface area contributed by atoms with Gasteiger partial charge >= 0.3 is 5.69 Å². The second kappa shape index (κ2) is 6.31. The van der Waals surface area contributed by atoms with Gasteiger partial charge in [0.2, 0.25) is 10.9 Å². The van der Waals surface area contributed by atoms with E-state index in [4.69, 9.17) is 0 Å². The number of hydrogen-bond donors (Lipinski definition) is 2. The average Bonchev–Trinajstić information content (AvgIpc) is 2.92. The van der Waals surface area contributed by atoms with E-state index in [-0.39, 0.29) is 11.3 Å². The molecule has 0 spiro atoms. The lowest BCUT2D eigenvalue weighted by molar-refractivity contribution is -0.385. The molecule has 9 heteroatoms. The number of thiazole rings is 1. The third-order valence-corrected chi connectivity index (χ3v) is 4.34. The van der Waals surface area contributed by atoms with Crippen LogP contribution in [0, 0.1) is 10.1 Å². The van der Waals surface area contributed by atoms with Crippen LogP contribution in [0.25, 0.3) is 10.2 Å². The Bertz CT molecular complexity index is 893. The van der Waals surface area contributed by atoms with E-state index in [9.17, 15) is 15.2 Å². The average molecular weight is 393 g/mol. The van der Waals surface area contributed by atoms with Crippen molar-refractivity contribution in [1.82, 2.24) is 4.98 Å². The quantitative estimate of drug-likeness (QED) is 0.395. The number of nitrogens with zero attached hydrogens (tertiary/aromatic N) is 3. The summed E-state index contributed by atoms with van der Waals surface area (Å²) in [4.78, 5) is 14.6. The van der Waals surface area contributed by atoms with Gasteiger partial charge in [0, 0.05) is 16.1 Å². The van der Waals surface area contributed by atoms with Gasteiger partial charge in [0.25, 0.3) is 0 Å². The number of benzene rings is 2. The summed E-state index contributed by atoms with van der Waals surface area (Å²) in [6.45, 7) is 0. The first-order valence-electron chi connectivity index (χ1n) is 6.36. The first-order valence-corrected chi connectivity index (χ1v) is 7.97. The number of hydrazone groups is 1. The van der Waals surface area contributed by atoms with E-state index in [1.807, 2.05) is 24.3 Å². The third kappa shape index (κ3) is 3.30. The zero-order valence-corrected chi connectivity index (χ0v) is 13.8. The zero-order chi connectivity index (χ0) is 16.4. The molecule has 23 heavy (non-hydrogen) atoms. The van der Waals surface area contributed by atoms with Crippen molar-refractivity contribution >= 4 is 54.5 Å². The van der Waals surface area contributed by atoms with E-state index in [2.05, 4.69) is 31.4 Å². The number of aromatic nitrogens is 1. The highest BCUT2D eigenvalue weighted by Gasteiger charge is 2.17. The maximum atomic E-state index is 10.9. The molecule has 7 nitrogen and oxygen atoms in total. The number of fused-ring (bicyclic) bond motifs is 1. The van der Waals surface area contributed by atoms with Gasteiger partial charge in [-0.05, 0) is 18.2 Å². The molecule has 116 valence electrons. The zero-order valence-electron chi connectivity index (χ0n) is 11.4. The maximum absolute atomic E-state index is 10.9. The second-order valence-electron chi connectivity index (χ2n) is 4.48. The summed E-state index contributed by atoms with van der Waals surface area (Å²) in [5.74, 6) is -0.437. The third-order valence-electron chi connectivity index (χ3n) is 2.94. The van der Waals surface area contributed by atoms with Crippen molar-refractivity contribution in [1.29, 1.82) is 0 Å². The highest BCUT2D eigenvalue weighted by molar-refractivity contribution is 9.10. The number of nitro groups is 1. The topological polar surface area (TPSA) is 101 Å². The molecule has 0 atom stereocenters. The summed E-state index contributed by atoms with van der Waals surface area (Å²) >= 11 is 4.60. The SMILES string of the molecule is O=[N+]([O-])c1cc(Br)cc(/C=N\Nc2nc3ccccc3s2)c1O. The minimum atomic E-state index is -0.654. The van der Waals surface area contributed by atoms with Gasteiger partial charge in [-0.2, -0.15) is 5.10 Å². The fourth-order valence-corrected chi connectivity index (χ4v) is 3.20. The van der Waals surface area contributed by atoms with Crippen LogP contribution in [0.1, 0.15) is 5.56 Å². The van der Waals surface area contributed by atoms with E-state index in [0.29, 0.717) is 9.60 Å². The minimum absolute atomic E-state index is 0.222. The number of halogens is 1. The van der Waals surface area contributed by atoms with Gasteiger partial charge in [-0.1, -0.05) is 39.4 Å². The molecule has 1 aromatic heterocycles. The van der Waals surface area contributed by atoms with Gasteiger partial charge in [0.15, 0.2) is 0 Å². The molecule has 3 rings (SSSR count). The normalized spacial score (nSPS) is 11.2. The lowest BCUT2D eigenvalue weighted by atomic mass is 10.2. The Kier molecular flexibility index (Phi) is 4.22. The molecule has 0 saturated carbocycles. The summed E-state index contributed by atoms with van der Waals surface area (Å²) in [6.07, 6.45) is 1.30. The Labute approximate surface area is 142 Å². The first-order chi connectivity index (χ1) is 11.0. The summed E-state index contributed by atoms with van der Waals surface area (Å²) in [5, 5.41) is 25.3. The Morgan fingerprint density at radius 3 is 2.91 bits per heavy atom. The highest BCUT2D eigenvalue weighted by Crippen LogP contribution is 2.32. The number of hydrogen-bond acceptors (Lipinski definition) is 7. The van der Waals surface area contributed by atoms with Gasteiger partial charge in [0.05, 0.1) is 21.4 Å². The van der Waals surface area contributed by atoms with E-state index >= 15 is 0 Å². The molecule has 2 N–H and O–H groups in total. The summed E-state index contributed by atoms with van der Waals surface area (Å²) < 4.78 is 1.49. The lowest BCUT2D eigenvalue weighted by Gasteiger charge is -2.01. The molecule has 0 unspecified atom stereocenters. The monoisotopic (exact) mass is 392 g/mol. The molecule has 0 bridgehead atoms. The predicted molar refractivity (Wildman–Crippen MR) is 93.3 cm³/mol. The molecular weight excluding hydrogens is 384 g/mol. The fourth-order valence-electron chi connectivity index (χ4n) is 1.92. The van der Waals surface area contributed by atoms with Crippen molar-refractivity contribution in [2.45, 2.75) is 0 Å². The standard InChI is InChI=1S/C14H9BrN4O3S/c15-9-5-8(13(20)11(6-9)19(21)22)7-16-18-14-17-10-3-1-2-4-12(10)23-14/h1-7,20H,(H,17,18)/b16-7-. The minimum Gasteiger partial charge on any atom is -0.502 e. The molecule has 0 saturated heterocycles. The molecule has 1 heterocycles. The van der Waals surface area contributed by atoms with E-state index in [0.717, 1.165) is 10.2 Å². The van der Waals surface area contributed by atoms with Gasteiger partial charge < -0.3 is 5.11 Å². The van der Waals surface area contributed by atoms with Crippen LogP contribution in [0.3, 0.4) is 0 Å². The number of nitro benzene ring substituents is 1. The summed E-state index contributed by atoms with van der Waals surface area (Å²) in [7, 11) is 0. The lowest BCUT2D eigenvalue weighted by Crippen LogP contribution is -1.94. The Hall–Kier alpha value is -2.52. The summed E-state index contributed by atoms with van der Waals surface area (Å²) in [6, 6.07) is 10.4. The van der Waals surface area contributed by atoms with Crippen LogP contribution in [-0.4, -0.2) is 21.2 Å². The van der Waals surface area contributed by atoms with Gasteiger partial charge in [0.1, 0.15) is 0 Å². The van der Waals surface area contributed by atoms with Crippen molar-refractivity contribution < 1.29 is 10.0 Å². The molecule has 0 fully saturated rings. The van der Waals surface area contributed by atoms with Crippen molar-refractivity contribution in [3.8, 4) is 5.75 Å². The number of phenolic OH excluding ortho intramolecular Hbond substituents is 1. The van der Waals surface area contributed by atoms with Crippen LogP contribution >= 0.6 is 27.3 Å². The molecule has 0 aliphatic carbocycles. The van der Waals surface area contributed by atoms with Crippen molar-refractivity contribution in [2.24, 2.45) is 5.10 Å². The van der Waals surface area contributed by atoms with Crippen molar-refractivity contribution in [3.05, 3.63) is 56.5 Å². The molecule has 0 aliphatic rings. The van der Waals surface area contributed by atoms with E-state index in [1.165, 1.54) is 29.7 Å². The number of aromatic hydroxyl groups is 1.